The summed E-state index contributed by atoms with van der Waals surface area (Å²) in [6.07, 6.45) is 0. The van der Waals surface area contributed by atoms with E-state index in [0.29, 0.717) is 4.80 Å². The van der Waals surface area contributed by atoms with Gasteiger partial charge in [0.15, 0.2) is 4.80 Å². The van der Waals surface area contributed by atoms with E-state index in [4.69, 9.17) is 0 Å². The van der Waals surface area contributed by atoms with Crippen LogP contribution in [-0.4, -0.2) is 10.5 Å². The average molecular weight is 304 g/mol. The predicted molar refractivity (Wildman–Crippen MR) is 77.0 cm³/mol. The summed E-state index contributed by atoms with van der Waals surface area (Å²) >= 11 is 1.29. The number of para-hydroxylation sites is 1. The summed E-state index contributed by atoms with van der Waals surface area (Å²) in [5.74, 6) is -2.74. The minimum absolute atomic E-state index is 0.392. The Kier molecular flexibility index (Phi) is 3.39. The van der Waals surface area contributed by atoms with E-state index < -0.39 is 23.1 Å². The van der Waals surface area contributed by atoms with E-state index in [1.54, 1.807) is 11.6 Å². The lowest BCUT2D eigenvalue weighted by molar-refractivity contribution is 0.0990. The van der Waals surface area contributed by atoms with E-state index in [9.17, 15) is 13.6 Å². The lowest BCUT2D eigenvalue weighted by atomic mass is 10.2. The minimum atomic E-state index is -0.923. The lowest BCUT2D eigenvalue weighted by Gasteiger charge is -1.99. The molecular weight excluding hydrogens is 294 g/mol. The Labute approximate surface area is 122 Å². The van der Waals surface area contributed by atoms with Gasteiger partial charge in [-0.1, -0.05) is 29.5 Å². The molecule has 0 N–H and O–H groups in total. The fourth-order valence-corrected chi connectivity index (χ4v) is 3.05. The van der Waals surface area contributed by atoms with Gasteiger partial charge in [-0.3, -0.25) is 4.79 Å². The first-order valence-electron chi connectivity index (χ1n) is 6.15. The second-order valence-electron chi connectivity index (χ2n) is 4.42. The molecule has 0 radical (unpaired) electrons. The molecule has 3 rings (SSSR count). The highest BCUT2D eigenvalue weighted by Crippen LogP contribution is 2.16. The zero-order chi connectivity index (χ0) is 15.0. The van der Waals surface area contributed by atoms with E-state index in [0.717, 1.165) is 22.3 Å². The largest absolute Gasteiger partial charge is 0.319 e. The third-order valence-electron chi connectivity index (χ3n) is 3.09. The Morgan fingerprint density at radius 3 is 2.43 bits per heavy atom. The molecule has 0 saturated heterocycles. The van der Waals surface area contributed by atoms with E-state index in [1.807, 2.05) is 24.3 Å². The number of hydrogen-bond donors (Lipinski definition) is 0. The van der Waals surface area contributed by atoms with Gasteiger partial charge in [0.05, 0.1) is 10.2 Å². The zero-order valence-corrected chi connectivity index (χ0v) is 11.8. The highest BCUT2D eigenvalue weighted by atomic mass is 32.1. The molecular formula is C15H10F2N2OS. The molecule has 0 bridgehead atoms. The monoisotopic (exact) mass is 304 g/mol. The number of aryl methyl sites for hydroxylation is 1. The van der Waals surface area contributed by atoms with Crippen LogP contribution < -0.4 is 4.80 Å². The van der Waals surface area contributed by atoms with Crippen molar-refractivity contribution in [3.8, 4) is 0 Å². The van der Waals surface area contributed by atoms with Crippen LogP contribution in [0.25, 0.3) is 10.2 Å². The predicted octanol–water partition coefficient (Wildman–Crippen LogP) is 3.26. The molecule has 106 valence electrons. The first-order chi connectivity index (χ1) is 10.1. The number of carbonyl (C=O) groups excluding carboxylic acids is 1. The Morgan fingerprint density at radius 2 is 1.76 bits per heavy atom. The van der Waals surface area contributed by atoms with Crippen molar-refractivity contribution in [2.24, 2.45) is 12.0 Å². The molecule has 0 aliphatic heterocycles. The number of halogens is 2. The summed E-state index contributed by atoms with van der Waals surface area (Å²) in [6.45, 7) is 0. The van der Waals surface area contributed by atoms with Crippen LogP contribution in [-0.2, 0) is 7.05 Å². The maximum absolute atomic E-state index is 13.6. The maximum atomic E-state index is 13.6. The van der Waals surface area contributed by atoms with Crippen molar-refractivity contribution in [1.29, 1.82) is 0 Å². The van der Waals surface area contributed by atoms with Gasteiger partial charge in [0.2, 0.25) is 0 Å². The zero-order valence-electron chi connectivity index (χ0n) is 11.0. The van der Waals surface area contributed by atoms with Crippen LogP contribution in [0.5, 0.6) is 0 Å². The molecule has 0 saturated carbocycles. The van der Waals surface area contributed by atoms with Gasteiger partial charge in [-0.25, -0.2) is 8.78 Å². The molecule has 2 aromatic carbocycles. The number of benzene rings is 2. The molecule has 0 spiro atoms. The fourth-order valence-electron chi connectivity index (χ4n) is 2.03. The molecule has 3 nitrogen and oxygen atoms in total. The van der Waals surface area contributed by atoms with E-state index in [1.165, 1.54) is 17.4 Å². The second kappa shape index (κ2) is 5.21. The second-order valence-corrected chi connectivity index (χ2v) is 5.43. The maximum Gasteiger partial charge on any atom is 0.285 e. The van der Waals surface area contributed by atoms with Gasteiger partial charge in [0.1, 0.15) is 17.2 Å². The molecule has 6 heteroatoms. The summed E-state index contributed by atoms with van der Waals surface area (Å²) < 4.78 is 29.8. The molecule has 0 aliphatic rings. The van der Waals surface area contributed by atoms with Crippen molar-refractivity contribution in [3.05, 3.63) is 64.5 Å². The Hall–Kier alpha value is -2.34. The van der Waals surface area contributed by atoms with Crippen LogP contribution in [0.3, 0.4) is 0 Å². The molecule has 0 atom stereocenters. The van der Waals surface area contributed by atoms with Crippen LogP contribution in [0.15, 0.2) is 47.5 Å². The van der Waals surface area contributed by atoms with Crippen LogP contribution in [0.4, 0.5) is 8.78 Å². The van der Waals surface area contributed by atoms with Gasteiger partial charge < -0.3 is 4.57 Å². The Balaban J connectivity index is 2.16. The molecule has 21 heavy (non-hydrogen) atoms. The third kappa shape index (κ3) is 2.38. The van der Waals surface area contributed by atoms with E-state index in [2.05, 4.69) is 4.99 Å². The summed E-state index contributed by atoms with van der Waals surface area (Å²) in [5.41, 5.74) is 0.276. The highest BCUT2D eigenvalue weighted by molar-refractivity contribution is 7.16. The summed E-state index contributed by atoms with van der Waals surface area (Å²) in [6, 6.07) is 10.8. The Bertz CT molecular complexity index is 891. The first-order valence-corrected chi connectivity index (χ1v) is 6.97. The quantitative estimate of drug-likeness (QED) is 0.679. The normalized spacial score (nSPS) is 12.0. The smallest absolute Gasteiger partial charge is 0.285 e. The van der Waals surface area contributed by atoms with E-state index in [-0.39, 0.29) is 0 Å². The third-order valence-corrected chi connectivity index (χ3v) is 4.20. The molecule has 0 aliphatic carbocycles. The van der Waals surface area contributed by atoms with Crippen molar-refractivity contribution >= 4 is 27.5 Å². The molecule has 1 heterocycles. The van der Waals surface area contributed by atoms with Crippen molar-refractivity contribution in [2.75, 3.05) is 0 Å². The van der Waals surface area contributed by atoms with Gasteiger partial charge in [0.25, 0.3) is 5.91 Å². The number of nitrogens with zero attached hydrogens (tertiary/aromatic N) is 2. The number of fused-ring (bicyclic) bond motifs is 1. The van der Waals surface area contributed by atoms with Gasteiger partial charge in [0, 0.05) is 7.05 Å². The first kappa shape index (κ1) is 13.6. The Morgan fingerprint density at radius 1 is 1.10 bits per heavy atom. The average Bonchev–Trinajstić information content (AvgIpc) is 2.76. The van der Waals surface area contributed by atoms with Crippen molar-refractivity contribution in [1.82, 2.24) is 4.57 Å². The van der Waals surface area contributed by atoms with Crippen LogP contribution in [0.2, 0.25) is 0 Å². The van der Waals surface area contributed by atoms with Crippen molar-refractivity contribution < 1.29 is 13.6 Å². The van der Waals surface area contributed by atoms with E-state index >= 15 is 0 Å². The molecule has 1 amide bonds. The number of thiazole rings is 1. The molecule has 0 unspecified atom stereocenters. The SMILES string of the molecule is Cn1c(=NC(=O)c2c(F)cccc2F)sc2ccccc21. The van der Waals surface area contributed by atoms with Gasteiger partial charge in [-0.15, -0.1) is 0 Å². The minimum Gasteiger partial charge on any atom is -0.319 e. The number of carbonyl (C=O) groups is 1. The van der Waals surface area contributed by atoms with Crippen molar-refractivity contribution in [3.63, 3.8) is 0 Å². The number of amides is 1. The molecule has 1 aromatic heterocycles. The number of hydrogen-bond acceptors (Lipinski definition) is 2. The van der Waals surface area contributed by atoms with Crippen LogP contribution >= 0.6 is 11.3 Å². The van der Waals surface area contributed by atoms with Gasteiger partial charge in [-0.05, 0) is 24.3 Å². The van der Waals surface area contributed by atoms with Gasteiger partial charge in [-0.2, -0.15) is 4.99 Å². The van der Waals surface area contributed by atoms with Crippen molar-refractivity contribution in [2.45, 2.75) is 0 Å². The van der Waals surface area contributed by atoms with Gasteiger partial charge >= 0.3 is 0 Å². The number of rotatable bonds is 1. The lowest BCUT2D eigenvalue weighted by Crippen LogP contribution is -2.14. The van der Waals surface area contributed by atoms with Crippen LogP contribution in [0.1, 0.15) is 10.4 Å². The van der Waals surface area contributed by atoms with Crippen LogP contribution in [0, 0.1) is 11.6 Å². The standard InChI is InChI=1S/C15H10F2N2OS/c1-19-11-7-2-3-8-12(11)21-15(19)18-14(20)13-9(16)5-4-6-10(13)17/h2-8H,1H3. The summed E-state index contributed by atoms with van der Waals surface area (Å²) in [4.78, 5) is 16.3. The molecule has 3 aromatic rings. The fraction of sp³-hybridized carbons (Fsp3) is 0.0667. The molecule has 0 fully saturated rings. The topological polar surface area (TPSA) is 34.4 Å². The summed E-state index contributed by atoms with van der Waals surface area (Å²) in [7, 11) is 1.75. The number of aromatic nitrogens is 1. The highest BCUT2D eigenvalue weighted by Gasteiger charge is 2.16. The summed E-state index contributed by atoms with van der Waals surface area (Å²) in [5, 5.41) is 0.